The Hall–Kier alpha value is -3.32. The van der Waals surface area contributed by atoms with Gasteiger partial charge in [0.1, 0.15) is 5.82 Å². The summed E-state index contributed by atoms with van der Waals surface area (Å²) in [5.74, 6) is -0.946. The van der Waals surface area contributed by atoms with Crippen LogP contribution in [0.5, 0.6) is 5.88 Å². The molecule has 27 heavy (non-hydrogen) atoms. The van der Waals surface area contributed by atoms with E-state index in [1.807, 2.05) is 19.1 Å². The third-order valence-electron chi connectivity index (χ3n) is 4.18. The molecule has 2 aromatic heterocycles. The van der Waals surface area contributed by atoms with Crippen molar-refractivity contribution in [2.75, 3.05) is 0 Å². The minimum Gasteiger partial charge on any atom is -0.493 e. The number of nitrogens with zero attached hydrogens (tertiary/aromatic N) is 2. The molecule has 0 radical (unpaired) electrons. The zero-order chi connectivity index (χ0) is 19.0. The average Bonchev–Trinajstić information content (AvgIpc) is 3.26. The van der Waals surface area contributed by atoms with Gasteiger partial charge in [-0.25, -0.2) is 4.39 Å². The molecule has 0 atom stereocenters. The maximum Gasteiger partial charge on any atom is 0.305 e. The largest absolute Gasteiger partial charge is 0.493 e. The number of carbonyl (C=O) groups is 1. The Balaban J connectivity index is 1.61. The minimum atomic E-state index is -0.505. The number of halogens is 1. The number of hydrogen-bond donors (Lipinski definition) is 2. The van der Waals surface area contributed by atoms with E-state index in [4.69, 9.17) is 0 Å². The number of fused-ring (bicyclic) bond motifs is 1. The molecule has 0 aliphatic carbocycles. The monoisotopic (exact) mass is 379 g/mol. The normalized spacial score (nSPS) is 11.5. The van der Waals surface area contributed by atoms with E-state index in [2.05, 4.69) is 15.2 Å². The van der Waals surface area contributed by atoms with E-state index in [9.17, 15) is 14.3 Å². The molecule has 0 aliphatic heterocycles. The number of benzene rings is 2. The summed E-state index contributed by atoms with van der Waals surface area (Å²) >= 11 is 1.25. The molecule has 2 heterocycles. The number of aromatic nitrogens is 1. The van der Waals surface area contributed by atoms with Crippen LogP contribution in [0.2, 0.25) is 0 Å². The van der Waals surface area contributed by atoms with Crippen molar-refractivity contribution < 1.29 is 14.3 Å². The van der Waals surface area contributed by atoms with Crippen LogP contribution in [0.3, 0.4) is 0 Å². The lowest BCUT2D eigenvalue weighted by molar-refractivity contribution is 0.0999. The lowest BCUT2D eigenvalue weighted by Crippen LogP contribution is -1.87. The third-order valence-corrected chi connectivity index (χ3v) is 5.30. The molecular weight excluding hydrogens is 365 g/mol. The van der Waals surface area contributed by atoms with Crippen LogP contribution in [-0.4, -0.2) is 16.0 Å². The minimum absolute atomic E-state index is 0.131. The Labute approximate surface area is 157 Å². The summed E-state index contributed by atoms with van der Waals surface area (Å²) in [6.45, 7) is 1.91. The van der Waals surface area contributed by atoms with Gasteiger partial charge in [-0.15, -0.1) is 21.6 Å². The van der Waals surface area contributed by atoms with Gasteiger partial charge in [0.05, 0.1) is 10.4 Å². The SMILES string of the molecule is Cc1cccc2c(N=NC(=O)c3ccc(-c4ccc(F)cc4)s3)c(O)[nH]c12. The Morgan fingerprint density at radius 1 is 1.11 bits per heavy atom. The first-order valence-corrected chi connectivity index (χ1v) is 8.96. The van der Waals surface area contributed by atoms with Crippen molar-refractivity contribution in [1.29, 1.82) is 0 Å². The topological polar surface area (TPSA) is 77.8 Å². The molecule has 7 heteroatoms. The number of hydrogen-bond acceptors (Lipinski definition) is 4. The molecule has 0 bridgehead atoms. The summed E-state index contributed by atoms with van der Waals surface area (Å²) in [6.07, 6.45) is 0. The summed E-state index contributed by atoms with van der Waals surface area (Å²) in [5, 5.41) is 18.5. The molecule has 0 fully saturated rings. The fourth-order valence-electron chi connectivity index (χ4n) is 2.80. The number of amides is 1. The molecular formula is C20H14FN3O2S. The molecule has 0 unspecified atom stereocenters. The van der Waals surface area contributed by atoms with Gasteiger partial charge in [0.15, 0.2) is 5.69 Å². The highest BCUT2D eigenvalue weighted by molar-refractivity contribution is 7.17. The average molecular weight is 379 g/mol. The van der Waals surface area contributed by atoms with E-state index in [0.29, 0.717) is 10.3 Å². The Kier molecular flexibility index (Phi) is 4.29. The molecule has 1 amide bonds. The fraction of sp³-hybridized carbons (Fsp3) is 0.0500. The van der Waals surface area contributed by atoms with Gasteiger partial charge in [-0.2, -0.15) is 0 Å². The first-order chi connectivity index (χ1) is 13.0. The summed E-state index contributed by atoms with van der Waals surface area (Å²) in [4.78, 5) is 16.4. The zero-order valence-electron chi connectivity index (χ0n) is 14.2. The number of nitrogens with one attached hydrogen (secondary N) is 1. The maximum atomic E-state index is 13.0. The van der Waals surface area contributed by atoms with Crippen LogP contribution in [0.4, 0.5) is 10.1 Å². The lowest BCUT2D eigenvalue weighted by atomic mass is 10.1. The van der Waals surface area contributed by atoms with Crippen molar-refractivity contribution in [2.45, 2.75) is 6.92 Å². The Morgan fingerprint density at radius 2 is 1.89 bits per heavy atom. The second-order valence-electron chi connectivity index (χ2n) is 6.00. The maximum absolute atomic E-state index is 13.0. The van der Waals surface area contributed by atoms with Gasteiger partial charge < -0.3 is 10.1 Å². The number of thiophene rings is 1. The van der Waals surface area contributed by atoms with Crippen molar-refractivity contribution in [1.82, 2.24) is 4.98 Å². The Bertz CT molecular complexity index is 1180. The number of rotatable bonds is 3. The van der Waals surface area contributed by atoms with E-state index < -0.39 is 5.91 Å². The molecule has 5 nitrogen and oxygen atoms in total. The standard InChI is InChI=1S/C20H14FN3O2S/c1-11-3-2-4-14-17(11)22-20(26)18(14)23-24-19(25)16-10-9-15(27-16)12-5-7-13(21)8-6-12/h2-10,22,26H,1H3. The number of aromatic hydroxyl groups is 1. The van der Waals surface area contributed by atoms with E-state index in [1.54, 1.807) is 30.3 Å². The van der Waals surface area contributed by atoms with Crippen LogP contribution < -0.4 is 0 Å². The first-order valence-electron chi connectivity index (χ1n) is 8.15. The number of carbonyl (C=O) groups excluding carboxylic acids is 1. The highest BCUT2D eigenvalue weighted by atomic mass is 32.1. The van der Waals surface area contributed by atoms with E-state index >= 15 is 0 Å². The predicted molar refractivity (Wildman–Crippen MR) is 103 cm³/mol. The van der Waals surface area contributed by atoms with Gasteiger partial charge in [0.25, 0.3) is 0 Å². The summed E-state index contributed by atoms with van der Waals surface area (Å²) < 4.78 is 13.0. The smallest absolute Gasteiger partial charge is 0.305 e. The van der Waals surface area contributed by atoms with Crippen molar-refractivity contribution >= 4 is 33.8 Å². The van der Waals surface area contributed by atoms with Crippen LogP contribution in [0.15, 0.2) is 64.8 Å². The second kappa shape index (κ2) is 6.77. The van der Waals surface area contributed by atoms with Gasteiger partial charge in [-0.3, -0.25) is 4.79 Å². The molecule has 0 aliphatic rings. The third kappa shape index (κ3) is 3.24. The van der Waals surface area contributed by atoms with Crippen molar-refractivity contribution in [3.63, 3.8) is 0 Å². The molecule has 2 N–H and O–H groups in total. The van der Waals surface area contributed by atoms with E-state index in [0.717, 1.165) is 21.5 Å². The number of para-hydroxylation sites is 1. The number of azo groups is 1. The molecule has 4 aromatic rings. The molecule has 0 saturated carbocycles. The molecule has 134 valence electrons. The number of aromatic amines is 1. The first kappa shape index (κ1) is 17.1. The zero-order valence-corrected chi connectivity index (χ0v) is 15.0. The van der Waals surface area contributed by atoms with Crippen LogP contribution in [0, 0.1) is 12.7 Å². The second-order valence-corrected chi connectivity index (χ2v) is 7.08. The van der Waals surface area contributed by atoms with Crippen molar-refractivity contribution in [3.05, 3.63) is 70.9 Å². The van der Waals surface area contributed by atoms with Crippen LogP contribution in [0.1, 0.15) is 15.2 Å². The van der Waals surface area contributed by atoms with Gasteiger partial charge in [-0.05, 0) is 42.3 Å². The van der Waals surface area contributed by atoms with Gasteiger partial charge in [0, 0.05) is 10.3 Å². The predicted octanol–water partition coefficient (Wildman–Crippen LogP) is 5.97. The van der Waals surface area contributed by atoms with Crippen LogP contribution >= 0.6 is 11.3 Å². The highest BCUT2D eigenvalue weighted by Gasteiger charge is 2.14. The summed E-state index contributed by atoms with van der Waals surface area (Å²) in [5.41, 5.74) is 2.77. The highest BCUT2D eigenvalue weighted by Crippen LogP contribution is 2.37. The summed E-state index contributed by atoms with van der Waals surface area (Å²) in [7, 11) is 0. The van der Waals surface area contributed by atoms with Gasteiger partial charge >= 0.3 is 5.91 Å². The van der Waals surface area contributed by atoms with Gasteiger partial charge in [-0.1, -0.05) is 30.3 Å². The van der Waals surface area contributed by atoms with E-state index in [1.165, 1.54) is 23.5 Å². The van der Waals surface area contributed by atoms with Crippen LogP contribution in [0.25, 0.3) is 21.3 Å². The van der Waals surface area contributed by atoms with E-state index in [-0.39, 0.29) is 17.4 Å². The number of H-pyrrole nitrogens is 1. The molecule has 0 saturated heterocycles. The number of aryl methyl sites for hydroxylation is 1. The quantitative estimate of drug-likeness (QED) is 0.430. The van der Waals surface area contributed by atoms with Crippen molar-refractivity contribution in [2.24, 2.45) is 10.2 Å². The lowest BCUT2D eigenvalue weighted by Gasteiger charge is -1.96. The molecule has 0 spiro atoms. The fourth-order valence-corrected chi connectivity index (χ4v) is 3.70. The Morgan fingerprint density at radius 3 is 2.67 bits per heavy atom. The molecule has 4 rings (SSSR count). The van der Waals surface area contributed by atoms with Gasteiger partial charge in [0.2, 0.25) is 5.88 Å². The molecule has 2 aromatic carbocycles. The summed E-state index contributed by atoms with van der Waals surface area (Å²) in [6, 6.07) is 15.1. The van der Waals surface area contributed by atoms with Crippen molar-refractivity contribution in [3.8, 4) is 16.3 Å². The van der Waals surface area contributed by atoms with Crippen LogP contribution in [-0.2, 0) is 0 Å².